The van der Waals surface area contributed by atoms with Crippen molar-refractivity contribution >= 4 is 18.3 Å². The van der Waals surface area contributed by atoms with Gasteiger partial charge in [0.2, 0.25) is 5.91 Å². The van der Waals surface area contributed by atoms with Gasteiger partial charge in [-0.3, -0.25) is 9.69 Å². The Morgan fingerprint density at radius 2 is 1.92 bits per heavy atom. The number of likely N-dealkylation sites (tertiary alicyclic amines) is 1. The van der Waals surface area contributed by atoms with E-state index in [4.69, 9.17) is 11.5 Å². The summed E-state index contributed by atoms with van der Waals surface area (Å²) < 4.78 is 0. The molecule has 0 radical (unpaired) electrons. The van der Waals surface area contributed by atoms with Crippen molar-refractivity contribution in [3.8, 4) is 0 Å². The van der Waals surface area contributed by atoms with Gasteiger partial charge in [-0.25, -0.2) is 0 Å². The molecule has 4 N–H and O–H groups in total. The van der Waals surface area contributed by atoms with Crippen LogP contribution in [0.1, 0.15) is 12.8 Å². The molecule has 1 fully saturated rings. The van der Waals surface area contributed by atoms with E-state index in [0.717, 1.165) is 32.5 Å². The molecule has 0 aromatic rings. The molecule has 13 heavy (non-hydrogen) atoms. The molecular weight excluding hydrogens is 190 g/mol. The van der Waals surface area contributed by atoms with Crippen LogP contribution < -0.4 is 11.5 Å². The van der Waals surface area contributed by atoms with Gasteiger partial charge in [0, 0.05) is 0 Å². The second kappa shape index (κ2) is 6.18. The Morgan fingerprint density at radius 1 is 1.38 bits per heavy atom. The molecule has 0 saturated carbocycles. The SMILES string of the molecule is Cl.NCC1CCN(CC(N)=O)CC1. The molecule has 0 aromatic heterocycles. The van der Waals surface area contributed by atoms with Gasteiger partial charge in [-0.05, 0) is 38.4 Å². The molecule has 1 saturated heterocycles. The topological polar surface area (TPSA) is 72.3 Å². The van der Waals surface area contributed by atoms with Crippen molar-refractivity contribution in [2.24, 2.45) is 17.4 Å². The number of halogens is 1. The summed E-state index contributed by atoms with van der Waals surface area (Å²) in [6.45, 7) is 3.09. The minimum atomic E-state index is -0.235. The number of primary amides is 1. The summed E-state index contributed by atoms with van der Waals surface area (Å²) >= 11 is 0. The predicted molar refractivity (Wildman–Crippen MR) is 54.7 cm³/mol. The molecule has 0 bridgehead atoms. The third-order valence-electron chi connectivity index (χ3n) is 2.42. The first-order valence-corrected chi connectivity index (χ1v) is 4.43. The number of amides is 1. The summed E-state index contributed by atoms with van der Waals surface area (Å²) in [5.41, 5.74) is 10.6. The zero-order chi connectivity index (χ0) is 8.97. The molecule has 1 aliphatic heterocycles. The van der Waals surface area contributed by atoms with Gasteiger partial charge in [-0.2, -0.15) is 0 Å². The second-order valence-corrected chi connectivity index (χ2v) is 3.42. The normalized spacial score (nSPS) is 19.5. The van der Waals surface area contributed by atoms with E-state index in [1.165, 1.54) is 0 Å². The Morgan fingerprint density at radius 3 is 2.31 bits per heavy atom. The van der Waals surface area contributed by atoms with Crippen LogP contribution in [0.4, 0.5) is 0 Å². The third kappa shape index (κ3) is 4.45. The Hall–Kier alpha value is -0.320. The molecule has 1 heterocycles. The quantitative estimate of drug-likeness (QED) is 0.660. The molecule has 5 heteroatoms. The summed E-state index contributed by atoms with van der Waals surface area (Å²) in [6, 6.07) is 0. The van der Waals surface area contributed by atoms with Crippen LogP contribution in [0.3, 0.4) is 0 Å². The van der Waals surface area contributed by atoms with Crippen molar-refractivity contribution < 1.29 is 4.79 Å². The fourth-order valence-corrected chi connectivity index (χ4v) is 1.60. The number of carbonyl (C=O) groups is 1. The lowest BCUT2D eigenvalue weighted by atomic mass is 9.97. The minimum Gasteiger partial charge on any atom is -0.369 e. The van der Waals surface area contributed by atoms with Gasteiger partial charge in [0.1, 0.15) is 0 Å². The van der Waals surface area contributed by atoms with Gasteiger partial charge >= 0.3 is 0 Å². The average molecular weight is 208 g/mol. The molecule has 1 amide bonds. The standard InChI is InChI=1S/C8H17N3O.ClH/c9-5-7-1-3-11(4-2-7)6-8(10)12;/h7H,1-6,9H2,(H2,10,12);1H. The minimum absolute atomic E-state index is 0. The van der Waals surface area contributed by atoms with E-state index in [1.54, 1.807) is 0 Å². The van der Waals surface area contributed by atoms with Crippen molar-refractivity contribution in [1.82, 2.24) is 4.90 Å². The van der Waals surface area contributed by atoms with E-state index < -0.39 is 0 Å². The molecule has 0 aromatic carbocycles. The molecular formula is C8H18ClN3O. The summed E-state index contributed by atoms with van der Waals surface area (Å²) in [5.74, 6) is 0.412. The number of piperidine rings is 1. The maximum Gasteiger partial charge on any atom is 0.231 e. The Labute approximate surface area is 85.0 Å². The van der Waals surface area contributed by atoms with E-state index >= 15 is 0 Å². The summed E-state index contributed by atoms with van der Waals surface area (Å²) in [4.78, 5) is 12.7. The zero-order valence-corrected chi connectivity index (χ0v) is 8.55. The lowest BCUT2D eigenvalue weighted by molar-refractivity contribution is -0.119. The number of hydrogen-bond donors (Lipinski definition) is 2. The van der Waals surface area contributed by atoms with E-state index in [0.29, 0.717) is 12.5 Å². The molecule has 0 unspecified atom stereocenters. The highest BCUT2D eigenvalue weighted by Gasteiger charge is 2.18. The molecule has 1 rings (SSSR count). The van der Waals surface area contributed by atoms with Crippen LogP contribution in [0.15, 0.2) is 0 Å². The van der Waals surface area contributed by atoms with Crippen molar-refractivity contribution in [2.45, 2.75) is 12.8 Å². The zero-order valence-electron chi connectivity index (χ0n) is 7.74. The van der Waals surface area contributed by atoms with Crippen LogP contribution in [0.25, 0.3) is 0 Å². The van der Waals surface area contributed by atoms with E-state index in [2.05, 4.69) is 4.90 Å². The van der Waals surface area contributed by atoms with Gasteiger partial charge in [-0.15, -0.1) is 12.4 Å². The molecule has 0 spiro atoms. The number of hydrogen-bond acceptors (Lipinski definition) is 3. The lowest BCUT2D eigenvalue weighted by Gasteiger charge is -2.30. The van der Waals surface area contributed by atoms with Crippen LogP contribution in [0.5, 0.6) is 0 Å². The van der Waals surface area contributed by atoms with E-state index in [-0.39, 0.29) is 18.3 Å². The Kier molecular flexibility index (Phi) is 6.03. The summed E-state index contributed by atoms with van der Waals surface area (Å²) in [6.07, 6.45) is 2.20. The first-order valence-electron chi connectivity index (χ1n) is 4.43. The number of nitrogens with two attached hydrogens (primary N) is 2. The van der Waals surface area contributed by atoms with Crippen LogP contribution >= 0.6 is 12.4 Å². The highest BCUT2D eigenvalue weighted by molar-refractivity contribution is 5.85. The lowest BCUT2D eigenvalue weighted by Crippen LogP contribution is -2.40. The van der Waals surface area contributed by atoms with Gasteiger partial charge < -0.3 is 11.5 Å². The smallest absolute Gasteiger partial charge is 0.231 e. The van der Waals surface area contributed by atoms with E-state index in [9.17, 15) is 4.79 Å². The van der Waals surface area contributed by atoms with Crippen molar-refractivity contribution in [3.63, 3.8) is 0 Å². The van der Waals surface area contributed by atoms with Crippen LogP contribution in [0, 0.1) is 5.92 Å². The largest absolute Gasteiger partial charge is 0.369 e. The fourth-order valence-electron chi connectivity index (χ4n) is 1.60. The van der Waals surface area contributed by atoms with Gasteiger partial charge in [0.15, 0.2) is 0 Å². The maximum atomic E-state index is 10.6. The summed E-state index contributed by atoms with van der Waals surface area (Å²) in [5, 5.41) is 0. The third-order valence-corrected chi connectivity index (χ3v) is 2.42. The molecule has 78 valence electrons. The molecule has 0 aliphatic carbocycles. The first-order chi connectivity index (χ1) is 5.72. The Balaban J connectivity index is 0.00000144. The van der Waals surface area contributed by atoms with Gasteiger partial charge in [0.25, 0.3) is 0 Å². The fraction of sp³-hybridized carbons (Fsp3) is 0.875. The first kappa shape index (κ1) is 12.7. The highest BCUT2D eigenvalue weighted by atomic mass is 35.5. The van der Waals surface area contributed by atoms with Crippen LogP contribution in [-0.2, 0) is 4.79 Å². The molecule has 4 nitrogen and oxygen atoms in total. The number of nitrogens with zero attached hydrogens (tertiary/aromatic N) is 1. The highest BCUT2D eigenvalue weighted by Crippen LogP contribution is 2.14. The molecule has 1 aliphatic rings. The van der Waals surface area contributed by atoms with Crippen LogP contribution in [-0.4, -0.2) is 37.0 Å². The van der Waals surface area contributed by atoms with Gasteiger partial charge in [-0.1, -0.05) is 0 Å². The molecule has 0 atom stereocenters. The Bertz CT molecular complexity index is 157. The van der Waals surface area contributed by atoms with Crippen molar-refractivity contribution in [2.75, 3.05) is 26.2 Å². The average Bonchev–Trinajstić information content (AvgIpc) is 2.05. The number of rotatable bonds is 3. The number of carbonyl (C=O) groups excluding carboxylic acids is 1. The van der Waals surface area contributed by atoms with Crippen molar-refractivity contribution in [1.29, 1.82) is 0 Å². The monoisotopic (exact) mass is 207 g/mol. The predicted octanol–water partition coefficient (Wildman–Crippen LogP) is -0.436. The van der Waals surface area contributed by atoms with Crippen molar-refractivity contribution in [3.05, 3.63) is 0 Å². The second-order valence-electron chi connectivity index (χ2n) is 3.42. The maximum absolute atomic E-state index is 10.6. The van der Waals surface area contributed by atoms with Crippen LogP contribution in [0.2, 0.25) is 0 Å². The van der Waals surface area contributed by atoms with Gasteiger partial charge in [0.05, 0.1) is 6.54 Å². The van der Waals surface area contributed by atoms with E-state index in [1.807, 2.05) is 0 Å². The summed E-state index contributed by atoms with van der Waals surface area (Å²) in [7, 11) is 0.